The van der Waals surface area contributed by atoms with Crippen molar-refractivity contribution in [3.05, 3.63) is 48.5 Å². The number of methoxy groups -OCH3 is 1. The van der Waals surface area contributed by atoms with E-state index in [1.165, 1.54) is 16.3 Å². The predicted molar refractivity (Wildman–Crippen MR) is 87.3 cm³/mol. The van der Waals surface area contributed by atoms with Gasteiger partial charge in [-0.25, -0.2) is 0 Å². The number of ether oxygens (including phenoxy) is 2. The summed E-state index contributed by atoms with van der Waals surface area (Å²) >= 11 is 0. The lowest BCUT2D eigenvalue weighted by atomic mass is 10.3. The molecule has 0 aliphatic carbocycles. The molecule has 1 unspecified atom stereocenters. The maximum absolute atomic E-state index is 5.63. The van der Waals surface area contributed by atoms with Gasteiger partial charge in [-0.1, -0.05) is 45.0 Å². The van der Waals surface area contributed by atoms with E-state index in [9.17, 15) is 0 Å². The number of hydrogen-bond donors (Lipinski definition) is 0. The summed E-state index contributed by atoms with van der Waals surface area (Å²) in [5, 5.41) is 2.50. The molecular formula is C16H20NO2P. The van der Waals surface area contributed by atoms with Gasteiger partial charge in [-0.15, -0.1) is 0 Å². The molecule has 0 saturated carbocycles. The second-order valence-electron chi connectivity index (χ2n) is 4.58. The first-order chi connectivity index (χ1) is 9.72. The molecule has 106 valence electrons. The van der Waals surface area contributed by atoms with Crippen LogP contribution >= 0.6 is 8.58 Å². The van der Waals surface area contributed by atoms with Gasteiger partial charge in [0.05, 0.1) is 0 Å². The Balaban J connectivity index is 2.26. The molecule has 2 rings (SSSR count). The molecule has 0 aliphatic heterocycles. The van der Waals surface area contributed by atoms with Crippen LogP contribution in [0.1, 0.15) is 0 Å². The molecule has 0 fully saturated rings. The molecule has 0 radical (unpaired) electrons. The molecule has 0 bridgehead atoms. The summed E-state index contributed by atoms with van der Waals surface area (Å²) in [4.78, 5) is 2.14. The Morgan fingerprint density at radius 3 is 2.30 bits per heavy atom. The molecule has 2 aromatic rings. The third-order valence-electron chi connectivity index (χ3n) is 2.87. The molecule has 0 aliphatic rings. The standard InChI is InChI=1S/C16H20NO2P/c1-17(2)13-8-4-6-10-15(13)20-16-11-7-5-9-14(16)19-12-18-3/h4-11,20H,12H2,1-3H3. The van der Waals surface area contributed by atoms with Crippen LogP contribution in [0.4, 0.5) is 5.69 Å². The summed E-state index contributed by atoms with van der Waals surface area (Å²) in [6, 6.07) is 16.6. The average molecular weight is 289 g/mol. The minimum Gasteiger partial charge on any atom is -0.467 e. The first-order valence-corrected chi connectivity index (χ1v) is 7.46. The molecule has 3 nitrogen and oxygen atoms in total. The smallest absolute Gasteiger partial charge is 0.188 e. The van der Waals surface area contributed by atoms with E-state index in [4.69, 9.17) is 9.47 Å². The Labute approximate surface area is 122 Å². The van der Waals surface area contributed by atoms with E-state index in [-0.39, 0.29) is 6.79 Å². The first kappa shape index (κ1) is 14.8. The van der Waals surface area contributed by atoms with Crippen molar-refractivity contribution in [3.8, 4) is 5.75 Å². The Bertz CT molecular complexity index is 558. The lowest BCUT2D eigenvalue weighted by Gasteiger charge is -2.18. The average Bonchev–Trinajstić information content (AvgIpc) is 2.47. The number of anilines is 1. The van der Waals surface area contributed by atoms with Gasteiger partial charge in [0.1, 0.15) is 5.75 Å². The lowest BCUT2D eigenvalue weighted by molar-refractivity contribution is 0.0519. The first-order valence-electron chi connectivity index (χ1n) is 6.46. The van der Waals surface area contributed by atoms with Crippen molar-refractivity contribution in [2.75, 3.05) is 32.9 Å². The topological polar surface area (TPSA) is 21.7 Å². The molecule has 0 saturated heterocycles. The zero-order chi connectivity index (χ0) is 14.4. The van der Waals surface area contributed by atoms with Crippen molar-refractivity contribution in [3.63, 3.8) is 0 Å². The minimum absolute atomic E-state index is 0.275. The summed E-state index contributed by atoms with van der Waals surface area (Å²) < 4.78 is 10.6. The molecule has 0 amide bonds. The van der Waals surface area contributed by atoms with Crippen LogP contribution < -0.4 is 20.2 Å². The van der Waals surface area contributed by atoms with E-state index in [1.54, 1.807) is 7.11 Å². The van der Waals surface area contributed by atoms with E-state index in [1.807, 2.05) is 18.2 Å². The van der Waals surface area contributed by atoms with Gasteiger partial charge >= 0.3 is 0 Å². The molecule has 2 aromatic carbocycles. The summed E-state index contributed by atoms with van der Waals surface area (Å²) in [6.45, 7) is 0.275. The highest BCUT2D eigenvalue weighted by Gasteiger charge is 2.08. The normalized spacial score (nSPS) is 10.9. The van der Waals surface area contributed by atoms with E-state index < -0.39 is 0 Å². The summed E-state index contributed by atoms with van der Waals surface area (Å²) in [7, 11) is 6.32. The highest BCUT2D eigenvalue weighted by molar-refractivity contribution is 7.56. The van der Waals surface area contributed by atoms with Crippen LogP contribution in [-0.2, 0) is 4.74 Å². The zero-order valence-corrected chi connectivity index (χ0v) is 13.1. The van der Waals surface area contributed by atoms with Crippen LogP contribution in [0.25, 0.3) is 0 Å². The van der Waals surface area contributed by atoms with Crippen LogP contribution in [-0.4, -0.2) is 28.0 Å². The van der Waals surface area contributed by atoms with Crippen molar-refractivity contribution in [1.29, 1.82) is 0 Å². The SMILES string of the molecule is COCOc1ccccc1Pc1ccccc1N(C)C. The zero-order valence-electron chi connectivity index (χ0n) is 12.1. The van der Waals surface area contributed by atoms with Gasteiger partial charge in [0.2, 0.25) is 0 Å². The van der Waals surface area contributed by atoms with Gasteiger partial charge in [-0.05, 0) is 12.1 Å². The molecule has 0 spiro atoms. The van der Waals surface area contributed by atoms with Crippen LogP contribution in [0, 0.1) is 0 Å². The van der Waals surface area contributed by atoms with Crippen LogP contribution in [0.15, 0.2) is 48.5 Å². The van der Waals surface area contributed by atoms with Crippen molar-refractivity contribution >= 4 is 24.9 Å². The molecule has 20 heavy (non-hydrogen) atoms. The predicted octanol–water partition coefficient (Wildman–Crippen LogP) is 2.36. The van der Waals surface area contributed by atoms with Crippen molar-refractivity contribution in [2.45, 2.75) is 0 Å². The van der Waals surface area contributed by atoms with Crippen LogP contribution in [0.5, 0.6) is 5.75 Å². The van der Waals surface area contributed by atoms with Crippen LogP contribution in [0.3, 0.4) is 0 Å². The van der Waals surface area contributed by atoms with Gasteiger partial charge in [0, 0.05) is 37.5 Å². The fraction of sp³-hybridized carbons (Fsp3) is 0.250. The van der Waals surface area contributed by atoms with Crippen molar-refractivity contribution < 1.29 is 9.47 Å². The molecule has 0 heterocycles. The lowest BCUT2D eigenvalue weighted by Crippen LogP contribution is -2.18. The van der Waals surface area contributed by atoms with Gasteiger partial charge in [-0.3, -0.25) is 0 Å². The quantitative estimate of drug-likeness (QED) is 0.602. The third kappa shape index (κ3) is 3.72. The maximum Gasteiger partial charge on any atom is 0.188 e. The fourth-order valence-corrected chi connectivity index (χ4v) is 3.30. The monoisotopic (exact) mass is 289 g/mol. The Kier molecular flexibility index (Phi) is 5.40. The minimum atomic E-state index is 0.275. The molecule has 1 atom stereocenters. The Morgan fingerprint density at radius 2 is 1.60 bits per heavy atom. The second-order valence-corrected chi connectivity index (χ2v) is 5.91. The summed E-state index contributed by atoms with van der Waals surface area (Å²) in [5.74, 6) is 0.890. The maximum atomic E-state index is 5.63. The number of hydrogen-bond acceptors (Lipinski definition) is 3. The van der Waals surface area contributed by atoms with Crippen molar-refractivity contribution in [1.82, 2.24) is 0 Å². The number of nitrogens with zero attached hydrogens (tertiary/aromatic N) is 1. The number of rotatable bonds is 6. The summed E-state index contributed by atoms with van der Waals surface area (Å²) in [5.41, 5.74) is 1.24. The van der Waals surface area contributed by atoms with E-state index in [0.717, 1.165) is 5.75 Å². The van der Waals surface area contributed by atoms with E-state index >= 15 is 0 Å². The highest BCUT2D eigenvalue weighted by atomic mass is 31.1. The van der Waals surface area contributed by atoms with Crippen molar-refractivity contribution in [2.24, 2.45) is 0 Å². The fourth-order valence-electron chi connectivity index (χ4n) is 1.93. The van der Waals surface area contributed by atoms with E-state index in [2.05, 4.69) is 49.3 Å². The number of para-hydroxylation sites is 2. The summed E-state index contributed by atoms with van der Waals surface area (Å²) in [6.07, 6.45) is 0. The van der Waals surface area contributed by atoms with Gasteiger partial charge in [-0.2, -0.15) is 0 Å². The van der Waals surface area contributed by atoms with E-state index in [0.29, 0.717) is 8.58 Å². The molecule has 4 heteroatoms. The second kappa shape index (κ2) is 7.28. The van der Waals surface area contributed by atoms with Gasteiger partial charge in [0.15, 0.2) is 6.79 Å². The molecule has 0 aromatic heterocycles. The Morgan fingerprint density at radius 1 is 0.950 bits per heavy atom. The number of benzene rings is 2. The Hall–Kier alpha value is -1.57. The highest BCUT2D eigenvalue weighted by Crippen LogP contribution is 2.23. The third-order valence-corrected chi connectivity index (χ3v) is 4.25. The van der Waals surface area contributed by atoms with Crippen LogP contribution in [0.2, 0.25) is 0 Å². The van der Waals surface area contributed by atoms with Gasteiger partial charge < -0.3 is 14.4 Å². The largest absolute Gasteiger partial charge is 0.467 e. The van der Waals surface area contributed by atoms with Gasteiger partial charge in [0.25, 0.3) is 0 Å². The molecular weight excluding hydrogens is 269 g/mol. The molecule has 0 N–H and O–H groups in total.